The molecule has 104 valence electrons. The normalized spacial score (nSPS) is 12.0. The van der Waals surface area contributed by atoms with E-state index in [2.05, 4.69) is 0 Å². The molecule has 0 saturated heterocycles. The Labute approximate surface area is 117 Å². The minimum atomic E-state index is 0.0960. The average Bonchev–Trinajstić information content (AvgIpc) is 2.53. The zero-order chi connectivity index (χ0) is 14.3. The molecule has 0 N–H and O–H groups in total. The highest BCUT2D eigenvalue weighted by Crippen LogP contribution is 2.27. The smallest absolute Gasteiger partial charge is 0.262 e. The molecule has 4 nitrogen and oxygen atoms in total. The lowest BCUT2D eigenvalue weighted by Crippen LogP contribution is -2.29. The second-order valence-corrected chi connectivity index (χ2v) is 6.70. The molecule has 0 bridgehead atoms. The lowest BCUT2D eigenvalue weighted by atomic mass is 10.2. The summed E-state index contributed by atoms with van der Waals surface area (Å²) in [5.74, 6) is 0.846. The maximum Gasteiger partial charge on any atom is 0.262 e. The van der Waals surface area contributed by atoms with E-state index in [1.165, 1.54) is 4.88 Å². The van der Waals surface area contributed by atoms with Crippen molar-refractivity contribution >= 4 is 21.6 Å². The van der Waals surface area contributed by atoms with Crippen LogP contribution in [0.2, 0.25) is 0 Å². The first kappa shape index (κ1) is 14.2. The molecule has 2 aromatic heterocycles. The van der Waals surface area contributed by atoms with E-state index in [4.69, 9.17) is 4.98 Å². The fourth-order valence-electron chi connectivity index (χ4n) is 2.28. The SMILES string of the molecule is Cc1sc2nc(CN(C)C)n(C(C)C)c(=O)c2c1C. The predicted octanol–water partition coefficient (Wildman–Crippen LogP) is 2.72. The van der Waals surface area contributed by atoms with Gasteiger partial charge in [-0.15, -0.1) is 11.3 Å². The van der Waals surface area contributed by atoms with Crippen LogP contribution in [0.4, 0.5) is 0 Å². The average molecular weight is 279 g/mol. The molecule has 0 amide bonds. The van der Waals surface area contributed by atoms with Crippen molar-refractivity contribution in [2.45, 2.75) is 40.3 Å². The quantitative estimate of drug-likeness (QED) is 0.867. The van der Waals surface area contributed by atoms with Crippen molar-refractivity contribution in [1.29, 1.82) is 0 Å². The molecule has 2 aromatic rings. The van der Waals surface area contributed by atoms with Gasteiger partial charge in [0.25, 0.3) is 5.56 Å². The highest BCUT2D eigenvalue weighted by molar-refractivity contribution is 7.18. The van der Waals surface area contributed by atoms with Crippen LogP contribution in [0.5, 0.6) is 0 Å². The molecule has 0 aliphatic rings. The molecule has 0 aliphatic heterocycles. The van der Waals surface area contributed by atoms with Gasteiger partial charge in [0.15, 0.2) is 0 Å². The van der Waals surface area contributed by atoms with E-state index in [0.29, 0.717) is 6.54 Å². The van der Waals surface area contributed by atoms with Gasteiger partial charge in [-0.2, -0.15) is 0 Å². The van der Waals surface area contributed by atoms with Crippen LogP contribution in [0.25, 0.3) is 10.2 Å². The van der Waals surface area contributed by atoms with E-state index < -0.39 is 0 Å². The first-order chi connectivity index (χ1) is 8.82. The monoisotopic (exact) mass is 279 g/mol. The maximum absolute atomic E-state index is 12.7. The van der Waals surface area contributed by atoms with Crippen molar-refractivity contribution in [3.63, 3.8) is 0 Å². The molecule has 19 heavy (non-hydrogen) atoms. The van der Waals surface area contributed by atoms with E-state index in [-0.39, 0.29) is 11.6 Å². The summed E-state index contributed by atoms with van der Waals surface area (Å²) in [5.41, 5.74) is 1.17. The summed E-state index contributed by atoms with van der Waals surface area (Å²) < 4.78 is 1.82. The van der Waals surface area contributed by atoms with Gasteiger partial charge in [-0.1, -0.05) is 0 Å². The molecular weight excluding hydrogens is 258 g/mol. The van der Waals surface area contributed by atoms with Gasteiger partial charge in [0.1, 0.15) is 10.7 Å². The molecule has 5 heteroatoms. The van der Waals surface area contributed by atoms with Crippen LogP contribution in [-0.2, 0) is 6.54 Å². The van der Waals surface area contributed by atoms with Crippen molar-refractivity contribution in [2.75, 3.05) is 14.1 Å². The molecule has 2 rings (SSSR count). The zero-order valence-electron chi connectivity index (χ0n) is 12.4. The van der Waals surface area contributed by atoms with Crippen LogP contribution in [0.3, 0.4) is 0 Å². The largest absolute Gasteiger partial charge is 0.302 e. The third-order valence-corrected chi connectivity index (χ3v) is 4.38. The summed E-state index contributed by atoms with van der Waals surface area (Å²) >= 11 is 1.61. The number of thiophene rings is 1. The number of aromatic nitrogens is 2. The van der Waals surface area contributed by atoms with Gasteiger partial charge in [0, 0.05) is 10.9 Å². The molecule has 0 spiro atoms. The Hall–Kier alpha value is -1.20. The number of fused-ring (bicyclic) bond motifs is 1. The number of rotatable bonds is 3. The van der Waals surface area contributed by atoms with Gasteiger partial charge >= 0.3 is 0 Å². The second kappa shape index (κ2) is 5.06. The van der Waals surface area contributed by atoms with Crippen LogP contribution in [-0.4, -0.2) is 28.5 Å². The minimum Gasteiger partial charge on any atom is -0.302 e. The highest BCUT2D eigenvalue weighted by Gasteiger charge is 2.18. The molecule has 2 heterocycles. The summed E-state index contributed by atoms with van der Waals surface area (Å²) in [5, 5.41) is 0.790. The predicted molar refractivity (Wildman–Crippen MR) is 81.1 cm³/mol. The van der Waals surface area contributed by atoms with E-state index in [1.807, 2.05) is 51.3 Å². The summed E-state index contributed by atoms with van der Waals surface area (Å²) in [7, 11) is 3.98. The summed E-state index contributed by atoms with van der Waals surface area (Å²) in [6, 6.07) is 0.124. The molecule has 0 aromatic carbocycles. The van der Waals surface area contributed by atoms with Gasteiger partial charge in [0.05, 0.1) is 11.9 Å². The third kappa shape index (κ3) is 2.44. The summed E-state index contributed by atoms with van der Waals surface area (Å²) in [6.07, 6.45) is 0. The lowest BCUT2D eigenvalue weighted by molar-refractivity contribution is 0.369. The van der Waals surface area contributed by atoms with Crippen LogP contribution in [0, 0.1) is 13.8 Å². The number of hydrogen-bond donors (Lipinski definition) is 0. The van der Waals surface area contributed by atoms with Gasteiger partial charge in [-0.25, -0.2) is 4.98 Å². The summed E-state index contributed by atoms with van der Waals surface area (Å²) in [6.45, 7) is 8.80. The summed E-state index contributed by atoms with van der Waals surface area (Å²) in [4.78, 5) is 21.5. The van der Waals surface area contributed by atoms with Crippen molar-refractivity contribution in [3.05, 3.63) is 26.6 Å². The Morgan fingerprint density at radius 3 is 2.47 bits per heavy atom. The molecule has 0 unspecified atom stereocenters. The van der Waals surface area contributed by atoms with E-state index in [0.717, 1.165) is 21.6 Å². The lowest BCUT2D eigenvalue weighted by Gasteiger charge is -2.18. The number of hydrogen-bond acceptors (Lipinski definition) is 4. The third-order valence-electron chi connectivity index (χ3n) is 3.28. The van der Waals surface area contributed by atoms with Crippen molar-refractivity contribution < 1.29 is 0 Å². The van der Waals surface area contributed by atoms with E-state index in [1.54, 1.807) is 11.3 Å². The van der Waals surface area contributed by atoms with Crippen LogP contribution >= 0.6 is 11.3 Å². The standard InChI is InChI=1S/C14H21N3OS/c1-8(2)17-11(7-16(5)6)15-13-12(14(17)18)9(3)10(4)19-13/h8H,7H2,1-6H3. The van der Waals surface area contributed by atoms with Crippen molar-refractivity contribution in [2.24, 2.45) is 0 Å². The maximum atomic E-state index is 12.7. The van der Waals surface area contributed by atoms with E-state index >= 15 is 0 Å². The van der Waals surface area contributed by atoms with Gasteiger partial charge in [0.2, 0.25) is 0 Å². The Balaban J connectivity index is 2.82. The molecular formula is C14H21N3OS. The van der Waals surface area contributed by atoms with Crippen LogP contribution in [0.1, 0.15) is 36.2 Å². The first-order valence-electron chi connectivity index (χ1n) is 6.48. The van der Waals surface area contributed by atoms with Gasteiger partial charge in [-0.3, -0.25) is 9.36 Å². The molecule has 0 fully saturated rings. The fraction of sp³-hybridized carbons (Fsp3) is 0.571. The second-order valence-electron chi connectivity index (χ2n) is 5.50. The molecule has 0 aliphatic carbocycles. The molecule has 0 saturated carbocycles. The number of aryl methyl sites for hydroxylation is 2. The van der Waals surface area contributed by atoms with Crippen LogP contribution < -0.4 is 5.56 Å². The van der Waals surface area contributed by atoms with E-state index in [9.17, 15) is 4.79 Å². The van der Waals surface area contributed by atoms with Gasteiger partial charge < -0.3 is 4.90 Å². The van der Waals surface area contributed by atoms with Gasteiger partial charge in [-0.05, 0) is 47.4 Å². The van der Waals surface area contributed by atoms with Crippen LogP contribution in [0.15, 0.2) is 4.79 Å². The van der Waals surface area contributed by atoms with Crippen molar-refractivity contribution in [3.8, 4) is 0 Å². The first-order valence-corrected chi connectivity index (χ1v) is 7.30. The minimum absolute atomic E-state index is 0.0960. The Morgan fingerprint density at radius 1 is 1.32 bits per heavy atom. The zero-order valence-corrected chi connectivity index (χ0v) is 13.3. The molecule has 0 radical (unpaired) electrons. The highest BCUT2D eigenvalue weighted by atomic mass is 32.1. The van der Waals surface area contributed by atoms with Crippen molar-refractivity contribution in [1.82, 2.24) is 14.5 Å². The topological polar surface area (TPSA) is 38.1 Å². The Bertz CT molecular complexity index is 667. The molecule has 0 atom stereocenters. The number of nitrogens with zero attached hydrogens (tertiary/aromatic N) is 3. The Morgan fingerprint density at radius 2 is 1.95 bits per heavy atom. The fourth-order valence-corrected chi connectivity index (χ4v) is 3.31. The Kier molecular flexibility index (Phi) is 3.78.